The van der Waals surface area contributed by atoms with Crippen LogP contribution < -0.4 is 0 Å². The third-order valence-corrected chi connectivity index (χ3v) is 1.70. The average Bonchev–Trinajstić information content (AvgIpc) is 1.87. The first kappa shape index (κ1) is 5.54. The summed E-state index contributed by atoms with van der Waals surface area (Å²) in [5, 5.41) is 0. The van der Waals surface area contributed by atoms with E-state index in [1.807, 2.05) is 0 Å². The summed E-state index contributed by atoms with van der Waals surface area (Å²) < 4.78 is 2.12. The highest BCUT2D eigenvalue weighted by Gasteiger charge is 2.11. The number of hydrogen-bond acceptors (Lipinski definition) is 2. The Bertz CT molecular complexity index is 58.7. The first-order chi connectivity index (χ1) is 3.29. The van der Waals surface area contributed by atoms with Gasteiger partial charge in [0.05, 0.1) is 6.67 Å². The van der Waals surface area contributed by atoms with Crippen LogP contribution in [-0.2, 0) is 0 Å². The lowest BCUT2D eigenvalue weighted by molar-refractivity contribution is 0.381. The molecule has 0 bridgehead atoms. The molecule has 1 saturated heterocycles. The second kappa shape index (κ2) is 2.11. The van der Waals surface area contributed by atoms with Crippen molar-refractivity contribution in [1.29, 1.82) is 0 Å². The van der Waals surface area contributed by atoms with Crippen LogP contribution in [0.25, 0.3) is 0 Å². The molecule has 2 nitrogen and oxygen atoms in total. The van der Waals surface area contributed by atoms with Gasteiger partial charge in [0.1, 0.15) is 0 Å². The van der Waals surface area contributed by atoms with Crippen LogP contribution in [0.15, 0.2) is 0 Å². The van der Waals surface area contributed by atoms with Crippen molar-refractivity contribution in [3.63, 3.8) is 0 Å². The molecule has 0 unspecified atom stereocenters. The number of likely N-dealkylation sites (N-methyl/N-ethyl adjacent to an activating group) is 1. The van der Waals surface area contributed by atoms with Crippen molar-refractivity contribution in [2.45, 2.75) is 0 Å². The lowest BCUT2D eigenvalue weighted by Gasteiger charge is -2.03. The lowest BCUT2D eigenvalue weighted by atomic mass is 10.7. The Morgan fingerprint density at radius 3 is 2.29 bits per heavy atom. The van der Waals surface area contributed by atoms with Crippen LogP contribution in [-0.4, -0.2) is 35.6 Å². The van der Waals surface area contributed by atoms with Gasteiger partial charge in [-0.1, -0.05) is 0 Å². The molecule has 0 aromatic carbocycles. The molecule has 0 N–H and O–H groups in total. The molecule has 0 amide bonds. The van der Waals surface area contributed by atoms with Gasteiger partial charge < -0.3 is 0 Å². The molecule has 0 aromatic heterocycles. The van der Waals surface area contributed by atoms with E-state index in [2.05, 4.69) is 32.0 Å². The van der Waals surface area contributed by atoms with Crippen molar-refractivity contribution in [3.8, 4) is 0 Å². The van der Waals surface area contributed by atoms with Gasteiger partial charge in [0.2, 0.25) is 0 Å². The molecule has 1 fully saturated rings. The summed E-state index contributed by atoms with van der Waals surface area (Å²) in [6.45, 7) is 3.39. The summed E-state index contributed by atoms with van der Waals surface area (Å²) in [7, 11) is 2.11. The molecular weight excluding hydrogens is 156 g/mol. The molecule has 1 rings (SSSR count). The molecule has 42 valence electrons. The topological polar surface area (TPSA) is 6.48 Å². The molecule has 1 aliphatic rings. The Labute approximate surface area is 52.4 Å². The van der Waals surface area contributed by atoms with Gasteiger partial charge in [0.25, 0.3) is 0 Å². The minimum atomic E-state index is 1.06. The molecule has 1 heterocycles. The zero-order chi connectivity index (χ0) is 5.28. The van der Waals surface area contributed by atoms with Crippen LogP contribution in [0.2, 0.25) is 0 Å². The fourth-order valence-corrected chi connectivity index (χ4v) is 1.22. The van der Waals surface area contributed by atoms with E-state index in [9.17, 15) is 0 Å². The zero-order valence-corrected chi connectivity index (χ0v) is 5.98. The minimum Gasteiger partial charge on any atom is -0.292 e. The summed E-state index contributed by atoms with van der Waals surface area (Å²) in [5.41, 5.74) is 0. The highest BCUT2D eigenvalue weighted by molar-refractivity contribution is 9.07. The fourth-order valence-electron chi connectivity index (χ4n) is 0.683. The SMILES string of the molecule is CN1CCN(Br)C1. The van der Waals surface area contributed by atoms with Crippen molar-refractivity contribution >= 4 is 16.1 Å². The van der Waals surface area contributed by atoms with E-state index < -0.39 is 0 Å². The standard InChI is InChI=1S/C4H9BrN2/c1-6-2-3-7(5)4-6/h2-4H2,1H3. The summed E-state index contributed by atoms with van der Waals surface area (Å²) in [6, 6.07) is 0. The van der Waals surface area contributed by atoms with E-state index in [-0.39, 0.29) is 0 Å². The highest BCUT2D eigenvalue weighted by atomic mass is 79.9. The first-order valence-electron chi connectivity index (χ1n) is 2.38. The van der Waals surface area contributed by atoms with Gasteiger partial charge >= 0.3 is 0 Å². The van der Waals surface area contributed by atoms with Crippen molar-refractivity contribution in [3.05, 3.63) is 0 Å². The van der Waals surface area contributed by atoms with Crippen molar-refractivity contribution in [1.82, 2.24) is 8.83 Å². The zero-order valence-electron chi connectivity index (χ0n) is 4.39. The van der Waals surface area contributed by atoms with Crippen molar-refractivity contribution in [2.24, 2.45) is 0 Å². The molecule has 7 heavy (non-hydrogen) atoms. The van der Waals surface area contributed by atoms with E-state index in [4.69, 9.17) is 0 Å². The average molecular weight is 165 g/mol. The van der Waals surface area contributed by atoms with Crippen LogP contribution in [0.5, 0.6) is 0 Å². The molecule has 1 aliphatic heterocycles. The van der Waals surface area contributed by atoms with Crippen LogP contribution in [0.1, 0.15) is 0 Å². The highest BCUT2D eigenvalue weighted by Crippen LogP contribution is 2.05. The summed E-state index contributed by atoms with van der Waals surface area (Å²) in [5.74, 6) is 0. The lowest BCUT2D eigenvalue weighted by Crippen LogP contribution is -2.14. The van der Waals surface area contributed by atoms with Gasteiger partial charge in [-0.2, -0.15) is 0 Å². The first-order valence-corrected chi connectivity index (χ1v) is 3.09. The van der Waals surface area contributed by atoms with Crippen molar-refractivity contribution < 1.29 is 0 Å². The van der Waals surface area contributed by atoms with Crippen LogP contribution in [0.4, 0.5) is 0 Å². The van der Waals surface area contributed by atoms with E-state index in [0.717, 1.165) is 13.2 Å². The molecular formula is C4H9BrN2. The largest absolute Gasteiger partial charge is 0.292 e. The van der Waals surface area contributed by atoms with Crippen LogP contribution in [0.3, 0.4) is 0 Å². The molecule has 0 spiro atoms. The van der Waals surface area contributed by atoms with Gasteiger partial charge in [-0.3, -0.25) is 4.90 Å². The molecule has 0 radical (unpaired) electrons. The Kier molecular flexibility index (Phi) is 1.67. The minimum absolute atomic E-state index is 1.06. The Hall–Kier alpha value is 0.400. The van der Waals surface area contributed by atoms with E-state index >= 15 is 0 Å². The van der Waals surface area contributed by atoms with Gasteiger partial charge in [0, 0.05) is 29.2 Å². The Morgan fingerprint density at radius 2 is 2.14 bits per heavy atom. The second-order valence-electron chi connectivity index (χ2n) is 1.91. The predicted octanol–water partition coefficient (Wildman–Crippen LogP) is 0.501. The Balaban J connectivity index is 2.26. The van der Waals surface area contributed by atoms with Crippen LogP contribution >= 0.6 is 16.1 Å². The monoisotopic (exact) mass is 164 g/mol. The third kappa shape index (κ3) is 1.40. The summed E-state index contributed by atoms with van der Waals surface area (Å²) in [6.07, 6.45) is 0. The molecule has 0 aliphatic carbocycles. The molecule has 0 atom stereocenters. The van der Waals surface area contributed by atoms with Crippen LogP contribution in [0, 0.1) is 0 Å². The molecule has 0 aromatic rings. The van der Waals surface area contributed by atoms with Crippen molar-refractivity contribution in [2.75, 3.05) is 26.8 Å². The maximum Gasteiger partial charge on any atom is 0.0608 e. The van der Waals surface area contributed by atoms with E-state index in [1.165, 1.54) is 6.54 Å². The summed E-state index contributed by atoms with van der Waals surface area (Å²) in [4.78, 5) is 2.26. The van der Waals surface area contributed by atoms with Gasteiger partial charge in [-0.05, 0) is 7.05 Å². The number of nitrogens with zero attached hydrogens (tertiary/aromatic N) is 2. The van der Waals surface area contributed by atoms with Gasteiger partial charge in [-0.25, -0.2) is 3.93 Å². The molecule has 0 saturated carbocycles. The maximum absolute atomic E-state index is 3.37. The van der Waals surface area contributed by atoms with E-state index in [0.29, 0.717) is 0 Å². The predicted molar refractivity (Wildman–Crippen MR) is 33.1 cm³/mol. The smallest absolute Gasteiger partial charge is 0.0608 e. The quantitative estimate of drug-likeness (QED) is 0.482. The number of halogens is 1. The number of rotatable bonds is 0. The second-order valence-corrected chi connectivity index (χ2v) is 2.91. The molecule has 3 heteroatoms. The van der Waals surface area contributed by atoms with Gasteiger partial charge in [0.15, 0.2) is 0 Å². The fraction of sp³-hybridized carbons (Fsp3) is 1.00. The third-order valence-electron chi connectivity index (χ3n) is 1.12. The maximum atomic E-state index is 3.37. The Morgan fingerprint density at radius 1 is 1.43 bits per heavy atom. The van der Waals surface area contributed by atoms with E-state index in [1.54, 1.807) is 0 Å². The number of hydrogen-bond donors (Lipinski definition) is 0. The normalized spacial score (nSPS) is 26.6. The summed E-state index contributed by atoms with van der Waals surface area (Å²) >= 11 is 3.37. The van der Waals surface area contributed by atoms with Gasteiger partial charge in [-0.15, -0.1) is 0 Å².